The van der Waals surface area contributed by atoms with Crippen molar-refractivity contribution in [1.82, 2.24) is 0 Å². The molecule has 0 amide bonds. The van der Waals surface area contributed by atoms with E-state index in [2.05, 4.69) is 0 Å². The van der Waals surface area contributed by atoms with Gasteiger partial charge in [-0.2, -0.15) is 0 Å². The molecule has 0 heterocycles. The van der Waals surface area contributed by atoms with Crippen LogP contribution in [0.1, 0.15) is 42.2 Å². The molecule has 3 rings (SSSR count). The van der Waals surface area contributed by atoms with Crippen LogP contribution < -0.4 is 0 Å². The number of aldehydes is 1. The molecular formula is C15H8O5. The summed E-state index contributed by atoms with van der Waals surface area (Å²) < 4.78 is 0. The van der Waals surface area contributed by atoms with Crippen LogP contribution in [0.25, 0.3) is 0 Å². The average molecular weight is 268 g/mol. The number of hydrogen-bond acceptors (Lipinski definition) is 5. The van der Waals surface area contributed by atoms with Gasteiger partial charge in [-0.3, -0.25) is 14.4 Å². The number of fused-ring (bicyclic) bond motifs is 2. The van der Waals surface area contributed by atoms with E-state index in [0.29, 0.717) is 6.29 Å². The topological polar surface area (TPSA) is 91.7 Å². The lowest BCUT2D eigenvalue weighted by atomic mass is 9.82. The Morgan fingerprint density at radius 2 is 1.45 bits per heavy atom. The van der Waals surface area contributed by atoms with Gasteiger partial charge in [0.1, 0.15) is 0 Å². The summed E-state index contributed by atoms with van der Waals surface area (Å²) in [5.41, 5.74) is -0.199. The van der Waals surface area contributed by atoms with Gasteiger partial charge in [-0.05, 0) is 6.07 Å². The molecule has 0 spiro atoms. The van der Waals surface area contributed by atoms with Gasteiger partial charge in [0.25, 0.3) is 0 Å². The summed E-state index contributed by atoms with van der Waals surface area (Å²) >= 11 is 0. The molecule has 0 aromatic heterocycles. The predicted octanol–water partition coefficient (Wildman–Crippen LogP) is 1.69. The Labute approximate surface area is 113 Å². The molecular weight excluding hydrogens is 260 g/mol. The number of hydrogen-bond donors (Lipinski definition) is 2. The van der Waals surface area contributed by atoms with Crippen molar-refractivity contribution in [3.63, 3.8) is 0 Å². The maximum atomic E-state index is 12.3. The minimum absolute atomic E-state index is 0.0777. The fourth-order valence-corrected chi connectivity index (χ4v) is 2.34. The normalized spacial score (nSPS) is 12.8. The molecule has 98 valence electrons. The molecule has 2 aromatic carbocycles. The summed E-state index contributed by atoms with van der Waals surface area (Å²) in [6.07, 6.45) is 0.313. The van der Waals surface area contributed by atoms with E-state index in [1.54, 1.807) is 12.1 Å². The molecule has 0 unspecified atom stereocenters. The smallest absolute Gasteiger partial charge is 0.198 e. The van der Waals surface area contributed by atoms with Crippen LogP contribution in [0.3, 0.4) is 0 Å². The van der Waals surface area contributed by atoms with Crippen LogP contribution in [-0.2, 0) is 0 Å². The molecule has 0 bridgehead atoms. The predicted molar refractivity (Wildman–Crippen MR) is 68.5 cm³/mol. The van der Waals surface area contributed by atoms with Crippen LogP contribution in [0, 0.1) is 0 Å². The second-order valence-corrected chi connectivity index (χ2v) is 4.41. The standard InChI is InChI=1S/C15H8O5/c16-6-7-5-10-11(15(20)12(7)17)14(19)9-4-2-1-3-8(9)13(10)18/h1-6,17,20H. The maximum absolute atomic E-state index is 12.3. The molecule has 0 atom stereocenters. The van der Waals surface area contributed by atoms with Gasteiger partial charge in [0, 0.05) is 16.7 Å². The molecule has 0 saturated carbocycles. The van der Waals surface area contributed by atoms with Crippen LogP contribution >= 0.6 is 0 Å². The number of ketones is 2. The van der Waals surface area contributed by atoms with Crippen molar-refractivity contribution in [3.05, 3.63) is 58.1 Å². The van der Waals surface area contributed by atoms with Crippen molar-refractivity contribution in [2.45, 2.75) is 0 Å². The van der Waals surface area contributed by atoms with Gasteiger partial charge in [0.15, 0.2) is 29.4 Å². The highest BCUT2D eigenvalue weighted by molar-refractivity contribution is 6.29. The Kier molecular flexibility index (Phi) is 2.44. The number of phenolic OH excluding ortho intramolecular Hbond substituents is 2. The molecule has 0 aliphatic heterocycles. The SMILES string of the molecule is O=Cc1cc2c(c(O)c1O)C(=O)c1ccccc1C2=O. The molecule has 2 N–H and O–H groups in total. The van der Waals surface area contributed by atoms with E-state index in [9.17, 15) is 24.6 Å². The second kappa shape index (κ2) is 4.03. The van der Waals surface area contributed by atoms with Crippen molar-refractivity contribution in [3.8, 4) is 11.5 Å². The van der Waals surface area contributed by atoms with Gasteiger partial charge in [0.05, 0.1) is 11.1 Å². The zero-order chi connectivity index (χ0) is 14.4. The zero-order valence-electron chi connectivity index (χ0n) is 10.1. The minimum Gasteiger partial charge on any atom is -0.504 e. The van der Waals surface area contributed by atoms with Crippen LogP contribution in [0.4, 0.5) is 0 Å². The van der Waals surface area contributed by atoms with Gasteiger partial charge in [0.2, 0.25) is 0 Å². The monoisotopic (exact) mass is 268 g/mol. The van der Waals surface area contributed by atoms with E-state index in [4.69, 9.17) is 0 Å². The Morgan fingerprint density at radius 3 is 2.05 bits per heavy atom. The highest BCUT2D eigenvalue weighted by atomic mass is 16.3. The van der Waals surface area contributed by atoms with Crippen LogP contribution in [-0.4, -0.2) is 28.1 Å². The van der Waals surface area contributed by atoms with Gasteiger partial charge >= 0.3 is 0 Å². The first-order valence-electron chi connectivity index (χ1n) is 5.78. The minimum atomic E-state index is -0.738. The summed E-state index contributed by atoms with van der Waals surface area (Å²) in [5, 5.41) is 19.5. The first-order valence-corrected chi connectivity index (χ1v) is 5.78. The Bertz CT molecular complexity index is 789. The Balaban J connectivity index is 2.39. The molecule has 5 nitrogen and oxygen atoms in total. The number of rotatable bonds is 1. The summed E-state index contributed by atoms with van der Waals surface area (Å²) in [5.74, 6) is -2.45. The summed E-state index contributed by atoms with van der Waals surface area (Å²) in [7, 11) is 0. The Morgan fingerprint density at radius 1 is 0.850 bits per heavy atom. The summed E-state index contributed by atoms with van der Waals surface area (Å²) in [6, 6.07) is 7.32. The van der Waals surface area contributed by atoms with Gasteiger partial charge < -0.3 is 10.2 Å². The third-order valence-corrected chi connectivity index (χ3v) is 3.32. The van der Waals surface area contributed by atoms with E-state index in [1.165, 1.54) is 12.1 Å². The third-order valence-electron chi connectivity index (χ3n) is 3.32. The van der Waals surface area contributed by atoms with Crippen molar-refractivity contribution < 1.29 is 24.6 Å². The van der Waals surface area contributed by atoms with Crippen molar-refractivity contribution in [2.75, 3.05) is 0 Å². The number of benzene rings is 2. The van der Waals surface area contributed by atoms with E-state index >= 15 is 0 Å². The fraction of sp³-hybridized carbons (Fsp3) is 0. The van der Waals surface area contributed by atoms with Crippen molar-refractivity contribution in [1.29, 1.82) is 0 Å². The van der Waals surface area contributed by atoms with E-state index in [1.807, 2.05) is 0 Å². The third kappa shape index (κ3) is 1.40. The molecule has 20 heavy (non-hydrogen) atoms. The lowest BCUT2D eigenvalue weighted by molar-refractivity contribution is 0.0975. The van der Waals surface area contributed by atoms with Gasteiger partial charge in [-0.25, -0.2) is 0 Å². The highest BCUT2D eigenvalue weighted by Crippen LogP contribution is 2.39. The zero-order valence-corrected chi connectivity index (χ0v) is 10.1. The summed E-state index contributed by atoms with van der Waals surface area (Å²) in [4.78, 5) is 35.5. The van der Waals surface area contributed by atoms with Crippen molar-refractivity contribution in [2.24, 2.45) is 0 Å². The number of carbonyl (C=O) groups is 3. The Hall–Kier alpha value is -2.95. The van der Waals surface area contributed by atoms with E-state index < -0.39 is 23.1 Å². The fourth-order valence-electron chi connectivity index (χ4n) is 2.34. The molecule has 1 aliphatic rings. The highest BCUT2D eigenvalue weighted by Gasteiger charge is 2.34. The van der Waals surface area contributed by atoms with E-state index in [0.717, 1.165) is 6.07 Å². The molecule has 0 saturated heterocycles. The van der Waals surface area contributed by atoms with Crippen molar-refractivity contribution >= 4 is 17.9 Å². The largest absolute Gasteiger partial charge is 0.504 e. The average Bonchev–Trinajstić information content (AvgIpc) is 2.47. The molecule has 0 radical (unpaired) electrons. The lowest BCUT2D eigenvalue weighted by Crippen LogP contribution is -2.21. The first-order chi connectivity index (χ1) is 9.56. The quantitative estimate of drug-likeness (QED) is 0.517. The number of carbonyl (C=O) groups excluding carboxylic acids is 3. The second-order valence-electron chi connectivity index (χ2n) is 4.41. The van der Waals surface area contributed by atoms with Crippen LogP contribution in [0.5, 0.6) is 11.5 Å². The van der Waals surface area contributed by atoms with Gasteiger partial charge in [-0.15, -0.1) is 0 Å². The molecule has 5 heteroatoms. The number of aromatic hydroxyl groups is 2. The lowest BCUT2D eigenvalue weighted by Gasteiger charge is -2.19. The number of phenols is 2. The van der Waals surface area contributed by atoms with Crippen LogP contribution in [0.15, 0.2) is 30.3 Å². The summed E-state index contributed by atoms with van der Waals surface area (Å²) in [6.45, 7) is 0. The maximum Gasteiger partial charge on any atom is 0.198 e. The van der Waals surface area contributed by atoms with E-state index in [-0.39, 0.29) is 27.8 Å². The molecule has 2 aromatic rings. The molecule has 0 fully saturated rings. The molecule has 1 aliphatic carbocycles. The van der Waals surface area contributed by atoms with Gasteiger partial charge in [-0.1, -0.05) is 24.3 Å². The first kappa shape index (κ1) is 12.1. The van der Waals surface area contributed by atoms with Crippen LogP contribution in [0.2, 0.25) is 0 Å².